The summed E-state index contributed by atoms with van der Waals surface area (Å²) in [6.07, 6.45) is 0.433. The minimum Gasteiger partial charge on any atom is -0.497 e. The van der Waals surface area contributed by atoms with E-state index in [1.165, 1.54) is 12.1 Å². The second kappa shape index (κ2) is 6.70. The number of rotatable bonds is 6. The maximum atomic E-state index is 13.1. The molecule has 0 aliphatic heterocycles. The molecule has 0 saturated heterocycles. The Hall–Kier alpha value is -1.91. The summed E-state index contributed by atoms with van der Waals surface area (Å²) >= 11 is 0. The summed E-state index contributed by atoms with van der Waals surface area (Å²) in [7, 11) is 1.59. The fraction of sp³-hybridized carbons (Fsp3) is 0.294. The molecule has 3 nitrogen and oxygen atoms in total. The fourth-order valence-electron chi connectivity index (χ4n) is 2.42. The summed E-state index contributed by atoms with van der Waals surface area (Å²) in [5.74, 6) is 0.376. The molecule has 0 fully saturated rings. The van der Waals surface area contributed by atoms with Crippen molar-refractivity contribution < 1.29 is 19.3 Å². The lowest BCUT2D eigenvalue weighted by molar-refractivity contribution is 0.116. The van der Waals surface area contributed by atoms with Crippen LogP contribution in [0.2, 0.25) is 0 Å². The van der Waals surface area contributed by atoms with Crippen molar-refractivity contribution in [1.82, 2.24) is 0 Å². The molecule has 0 aliphatic carbocycles. The van der Waals surface area contributed by atoms with E-state index in [9.17, 15) is 14.6 Å². The highest BCUT2D eigenvalue weighted by Crippen LogP contribution is 2.29. The van der Waals surface area contributed by atoms with Gasteiger partial charge < -0.3 is 14.9 Å². The topological polar surface area (TPSA) is 49.7 Å². The van der Waals surface area contributed by atoms with E-state index in [1.807, 2.05) is 24.3 Å². The average molecular weight is 290 g/mol. The van der Waals surface area contributed by atoms with Crippen LogP contribution >= 0.6 is 0 Å². The Kier molecular flexibility index (Phi) is 4.94. The third kappa shape index (κ3) is 3.40. The zero-order chi connectivity index (χ0) is 15.3. The Morgan fingerprint density at radius 1 is 1.05 bits per heavy atom. The Bertz CT molecular complexity index is 577. The predicted octanol–water partition coefficient (Wildman–Crippen LogP) is 2.30. The molecule has 112 valence electrons. The van der Waals surface area contributed by atoms with Crippen molar-refractivity contribution in [2.75, 3.05) is 20.3 Å². The summed E-state index contributed by atoms with van der Waals surface area (Å²) in [5.41, 5.74) is 0.790. The third-order valence-electron chi connectivity index (χ3n) is 3.74. The highest BCUT2D eigenvalue weighted by atomic mass is 19.1. The van der Waals surface area contributed by atoms with E-state index < -0.39 is 5.41 Å². The second-order valence-electron chi connectivity index (χ2n) is 5.13. The predicted molar refractivity (Wildman–Crippen MR) is 78.9 cm³/mol. The number of ether oxygens (including phenoxy) is 1. The van der Waals surface area contributed by atoms with Crippen molar-refractivity contribution in [3.05, 3.63) is 65.5 Å². The Balaban J connectivity index is 2.35. The van der Waals surface area contributed by atoms with Gasteiger partial charge >= 0.3 is 0 Å². The standard InChI is InChI=1S/C17H19FO3/c1-21-16-4-2-3-13(9-16)10-17(11-19,12-20)14-5-7-15(18)8-6-14/h2-9,19-20H,10-12H2,1H3. The van der Waals surface area contributed by atoms with Gasteiger partial charge in [0.25, 0.3) is 0 Å². The van der Waals surface area contributed by atoms with Crippen molar-refractivity contribution in [2.24, 2.45) is 0 Å². The van der Waals surface area contributed by atoms with Gasteiger partial charge in [0.2, 0.25) is 0 Å². The summed E-state index contributed by atoms with van der Waals surface area (Å²) in [4.78, 5) is 0. The van der Waals surface area contributed by atoms with Crippen molar-refractivity contribution >= 4 is 0 Å². The molecule has 21 heavy (non-hydrogen) atoms. The van der Waals surface area contributed by atoms with E-state index in [4.69, 9.17) is 4.74 Å². The Labute approximate surface area is 123 Å². The summed E-state index contributed by atoms with van der Waals surface area (Å²) in [6, 6.07) is 13.3. The molecule has 0 amide bonds. The van der Waals surface area contributed by atoms with E-state index >= 15 is 0 Å². The van der Waals surface area contributed by atoms with Gasteiger partial charge in [0.1, 0.15) is 11.6 Å². The van der Waals surface area contributed by atoms with Crippen molar-refractivity contribution in [3.63, 3.8) is 0 Å². The van der Waals surface area contributed by atoms with Gasteiger partial charge in [-0.05, 0) is 41.8 Å². The molecule has 4 heteroatoms. The van der Waals surface area contributed by atoms with Gasteiger partial charge in [0.05, 0.1) is 20.3 Å². The fourth-order valence-corrected chi connectivity index (χ4v) is 2.42. The number of hydrogen-bond donors (Lipinski definition) is 2. The molecule has 0 bridgehead atoms. The Morgan fingerprint density at radius 2 is 1.71 bits per heavy atom. The SMILES string of the molecule is COc1cccc(CC(CO)(CO)c2ccc(F)cc2)c1. The first-order chi connectivity index (χ1) is 10.1. The van der Waals surface area contributed by atoms with E-state index in [0.29, 0.717) is 12.0 Å². The molecule has 0 spiro atoms. The largest absolute Gasteiger partial charge is 0.497 e. The molecule has 0 unspecified atom stereocenters. The van der Waals surface area contributed by atoms with Gasteiger partial charge in [-0.15, -0.1) is 0 Å². The number of hydrogen-bond acceptors (Lipinski definition) is 3. The smallest absolute Gasteiger partial charge is 0.123 e. The minimum absolute atomic E-state index is 0.230. The first-order valence-electron chi connectivity index (χ1n) is 6.74. The molecule has 2 rings (SSSR count). The van der Waals surface area contributed by atoms with E-state index in [2.05, 4.69) is 0 Å². The lowest BCUT2D eigenvalue weighted by atomic mass is 9.77. The lowest BCUT2D eigenvalue weighted by Gasteiger charge is -2.30. The maximum absolute atomic E-state index is 13.1. The van der Waals surface area contributed by atoms with Gasteiger partial charge in [-0.3, -0.25) is 0 Å². The van der Waals surface area contributed by atoms with Crippen LogP contribution in [0.5, 0.6) is 5.75 Å². The lowest BCUT2D eigenvalue weighted by Crippen LogP contribution is -2.37. The average Bonchev–Trinajstić information content (AvgIpc) is 2.54. The van der Waals surface area contributed by atoms with Gasteiger partial charge in [-0.2, -0.15) is 0 Å². The number of methoxy groups -OCH3 is 1. The van der Waals surface area contributed by atoms with Crippen LogP contribution in [0.15, 0.2) is 48.5 Å². The zero-order valence-corrected chi connectivity index (χ0v) is 11.9. The molecule has 2 aromatic rings. The molecule has 0 aliphatic rings. The first-order valence-corrected chi connectivity index (χ1v) is 6.74. The third-order valence-corrected chi connectivity index (χ3v) is 3.74. The van der Waals surface area contributed by atoms with Crippen LogP contribution in [0.25, 0.3) is 0 Å². The molecule has 2 aromatic carbocycles. The number of aliphatic hydroxyl groups is 2. The van der Waals surface area contributed by atoms with E-state index in [1.54, 1.807) is 19.2 Å². The first kappa shape index (κ1) is 15.5. The summed E-state index contributed by atoms with van der Waals surface area (Å²) in [6.45, 7) is -0.460. The van der Waals surface area contributed by atoms with Crippen LogP contribution in [0, 0.1) is 5.82 Å². The number of aliphatic hydroxyl groups excluding tert-OH is 2. The van der Waals surface area contributed by atoms with Crippen molar-refractivity contribution in [1.29, 1.82) is 0 Å². The molecule has 0 radical (unpaired) electrons. The molecule has 0 saturated carbocycles. The van der Waals surface area contributed by atoms with Crippen molar-refractivity contribution in [2.45, 2.75) is 11.8 Å². The van der Waals surface area contributed by atoms with Gasteiger partial charge in [0, 0.05) is 5.41 Å². The molecule has 0 heterocycles. The van der Waals surface area contributed by atoms with Crippen LogP contribution < -0.4 is 4.74 Å². The van der Waals surface area contributed by atoms with Gasteiger partial charge in [0.15, 0.2) is 0 Å². The van der Waals surface area contributed by atoms with Crippen LogP contribution in [0.1, 0.15) is 11.1 Å². The monoisotopic (exact) mass is 290 g/mol. The summed E-state index contributed by atoms with van der Waals surface area (Å²) in [5, 5.41) is 19.6. The zero-order valence-electron chi connectivity index (χ0n) is 11.9. The minimum atomic E-state index is -0.847. The summed E-state index contributed by atoms with van der Waals surface area (Å²) < 4.78 is 18.3. The van der Waals surface area contributed by atoms with Crippen LogP contribution in [-0.2, 0) is 11.8 Å². The second-order valence-corrected chi connectivity index (χ2v) is 5.13. The Morgan fingerprint density at radius 3 is 2.29 bits per heavy atom. The van der Waals surface area contributed by atoms with Crippen LogP contribution in [0.3, 0.4) is 0 Å². The maximum Gasteiger partial charge on any atom is 0.123 e. The highest BCUT2D eigenvalue weighted by Gasteiger charge is 2.31. The number of benzene rings is 2. The molecule has 0 aromatic heterocycles. The number of halogens is 1. The van der Waals surface area contributed by atoms with Crippen LogP contribution in [-0.4, -0.2) is 30.5 Å². The molecule has 0 atom stereocenters. The highest BCUT2D eigenvalue weighted by molar-refractivity contribution is 5.34. The normalized spacial score (nSPS) is 11.4. The molecule has 2 N–H and O–H groups in total. The molecular formula is C17H19FO3. The quantitative estimate of drug-likeness (QED) is 0.858. The van der Waals surface area contributed by atoms with Crippen LogP contribution in [0.4, 0.5) is 4.39 Å². The van der Waals surface area contributed by atoms with E-state index in [-0.39, 0.29) is 19.0 Å². The van der Waals surface area contributed by atoms with Gasteiger partial charge in [-0.1, -0.05) is 24.3 Å². The van der Waals surface area contributed by atoms with Gasteiger partial charge in [-0.25, -0.2) is 4.39 Å². The van der Waals surface area contributed by atoms with Crippen molar-refractivity contribution in [3.8, 4) is 5.75 Å². The van der Waals surface area contributed by atoms with E-state index in [0.717, 1.165) is 11.3 Å². The molecular weight excluding hydrogens is 271 g/mol.